The molecule has 3 nitrogen and oxygen atoms in total. The zero-order chi connectivity index (χ0) is 24.1. The first-order valence-corrected chi connectivity index (χ1v) is 9.76. The molecule has 0 unspecified atom stereocenters. The molecule has 0 amide bonds. The minimum atomic E-state index is -2.85. The van der Waals surface area contributed by atoms with E-state index < -0.39 is 31.2 Å². The van der Waals surface area contributed by atoms with Crippen molar-refractivity contribution in [3.63, 3.8) is 0 Å². The van der Waals surface area contributed by atoms with Crippen LogP contribution in [0.15, 0.2) is 60.4 Å². The summed E-state index contributed by atoms with van der Waals surface area (Å²) >= 11 is 20.0. The Labute approximate surface area is 184 Å². The molecular weight excluding hydrogens is 423 g/mol. The third-order valence-corrected chi connectivity index (χ3v) is 5.81. The van der Waals surface area contributed by atoms with Gasteiger partial charge in [0.05, 0.1) is 36.0 Å². The van der Waals surface area contributed by atoms with Crippen LogP contribution in [-0.2, 0) is 17.8 Å². The van der Waals surface area contributed by atoms with Gasteiger partial charge in [0.25, 0.3) is 0 Å². The van der Waals surface area contributed by atoms with E-state index in [1.807, 2.05) is 6.07 Å². The molecule has 0 radical (unpaired) electrons. The summed E-state index contributed by atoms with van der Waals surface area (Å²) in [6.07, 6.45) is -4.48. The summed E-state index contributed by atoms with van der Waals surface area (Å²) in [6.45, 7) is -3.04. The van der Waals surface area contributed by atoms with Gasteiger partial charge < -0.3 is 9.30 Å². The Bertz CT molecular complexity index is 1360. The number of halogens is 3. The minimum absolute atomic E-state index is 0.0242. The minimum Gasteiger partial charge on any atom is -0.367 e. The molecule has 0 aliphatic rings. The van der Waals surface area contributed by atoms with Crippen molar-refractivity contribution in [3.05, 3.63) is 86.6 Å². The van der Waals surface area contributed by atoms with E-state index in [-0.39, 0.29) is 22.2 Å². The number of rotatable bonds is 6. The van der Waals surface area contributed by atoms with Crippen LogP contribution in [0.25, 0.3) is 10.1 Å². The van der Waals surface area contributed by atoms with Gasteiger partial charge in [-0.25, -0.2) is 4.98 Å². The van der Waals surface area contributed by atoms with Gasteiger partial charge in [-0.05, 0) is 34.5 Å². The molecule has 0 bridgehead atoms. The van der Waals surface area contributed by atoms with Crippen molar-refractivity contribution >= 4 is 56.2 Å². The highest BCUT2D eigenvalue weighted by molar-refractivity contribution is 7.18. The topological polar surface area (TPSA) is 27.1 Å². The van der Waals surface area contributed by atoms with Crippen molar-refractivity contribution in [2.75, 3.05) is 0 Å². The molecule has 0 saturated carbocycles. The van der Waals surface area contributed by atoms with Gasteiger partial charge >= 0.3 is 0 Å². The smallest absolute Gasteiger partial charge is 0.104 e. The van der Waals surface area contributed by atoms with Crippen molar-refractivity contribution in [2.45, 2.75) is 19.2 Å². The quantitative estimate of drug-likeness (QED) is 0.320. The zero-order valence-corrected chi connectivity index (χ0v) is 16.7. The van der Waals surface area contributed by atoms with E-state index in [2.05, 4.69) is 4.98 Å². The summed E-state index contributed by atoms with van der Waals surface area (Å²) in [5, 5.41) is 3.43. The molecule has 0 spiro atoms. The molecule has 1 atom stereocenters. The molecule has 2 aromatic heterocycles. The predicted molar refractivity (Wildman–Crippen MR) is 113 cm³/mol. The predicted octanol–water partition coefficient (Wildman–Crippen LogP) is 7.02. The third kappa shape index (κ3) is 4.15. The summed E-state index contributed by atoms with van der Waals surface area (Å²) in [5.74, 6) is 0. The number of ether oxygens (including phenoxy) is 1. The number of thiophene rings is 1. The lowest BCUT2D eigenvalue weighted by molar-refractivity contribution is 0.0288. The molecule has 0 aliphatic carbocycles. The Hall–Kier alpha value is -1.56. The molecule has 4 aromatic rings. The van der Waals surface area contributed by atoms with Gasteiger partial charge in [-0.1, -0.05) is 53.0 Å². The SMILES string of the molecule is [2H]c1nc([2H])n(C([2H])([2H])[C@]([2H])(OCc2csc3c(Cl)cccc23)c2ccc(Cl)cc2Cl)c1[2H]. The monoisotopic (exact) mass is 442 g/mol. The molecule has 0 N–H and O–H groups in total. The van der Waals surface area contributed by atoms with E-state index >= 15 is 0 Å². The van der Waals surface area contributed by atoms with Crippen LogP contribution in [0, 0.1) is 0 Å². The molecular formula is C20H15Cl3N2OS. The molecule has 0 aliphatic heterocycles. The fraction of sp³-hybridized carbons (Fsp3) is 0.150. The van der Waals surface area contributed by atoms with Crippen molar-refractivity contribution < 1.29 is 13.0 Å². The highest BCUT2D eigenvalue weighted by Gasteiger charge is 2.18. The number of hydrogen-bond donors (Lipinski definition) is 0. The second-order valence-corrected chi connectivity index (χ2v) is 7.63. The standard InChI is InChI=1S/C20H15Cl3N2OS/c21-14-4-5-16(18(23)8-14)19(9-25-7-6-24-12-25)26-10-13-11-27-20-15(13)2-1-3-17(20)22/h1-8,11-12,19H,9-10H2/t19-/m0/s1/i6D,7D,9D2,12D,19D. The van der Waals surface area contributed by atoms with Crippen LogP contribution < -0.4 is 0 Å². The van der Waals surface area contributed by atoms with Gasteiger partial charge in [-0.15, -0.1) is 11.3 Å². The number of nitrogens with zero attached hydrogens (tertiary/aromatic N) is 2. The van der Waals surface area contributed by atoms with E-state index in [1.54, 1.807) is 17.5 Å². The van der Waals surface area contributed by atoms with Crippen LogP contribution in [0.4, 0.5) is 0 Å². The maximum atomic E-state index is 9.14. The normalized spacial score (nSPS) is 17.4. The molecule has 0 fully saturated rings. The largest absolute Gasteiger partial charge is 0.367 e. The van der Waals surface area contributed by atoms with Crippen LogP contribution in [0.2, 0.25) is 15.1 Å². The maximum Gasteiger partial charge on any atom is 0.104 e. The van der Waals surface area contributed by atoms with Gasteiger partial charge in [0.1, 0.15) is 7.45 Å². The van der Waals surface area contributed by atoms with Crippen LogP contribution in [0.1, 0.15) is 25.4 Å². The fourth-order valence-electron chi connectivity index (χ4n) is 2.51. The van der Waals surface area contributed by atoms with E-state index in [1.165, 1.54) is 29.5 Å². The Morgan fingerprint density at radius 3 is 2.93 bits per heavy atom. The molecule has 2 heterocycles. The highest BCUT2D eigenvalue weighted by atomic mass is 35.5. The molecule has 138 valence electrons. The summed E-state index contributed by atoms with van der Waals surface area (Å²) in [6, 6.07) is 9.55. The first-order chi connectivity index (χ1) is 15.5. The Kier molecular flexibility index (Phi) is 3.90. The summed E-state index contributed by atoms with van der Waals surface area (Å²) < 4.78 is 57.7. The van der Waals surface area contributed by atoms with Crippen molar-refractivity contribution in [1.29, 1.82) is 0 Å². The highest BCUT2D eigenvalue weighted by Crippen LogP contribution is 2.34. The number of hydrogen-bond acceptors (Lipinski definition) is 3. The first kappa shape index (κ1) is 12.8. The van der Waals surface area contributed by atoms with Crippen LogP contribution in [-0.4, -0.2) is 9.55 Å². The third-order valence-electron chi connectivity index (χ3n) is 3.76. The van der Waals surface area contributed by atoms with E-state index in [0.29, 0.717) is 15.2 Å². The molecule has 2 aromatic carbocycles. The number of aromatic nitrogens is 2. The second kappa shape index (κ2) is 8.21. The van der Waals surface area contributed by atoms with E-state index in [0.717, 1.165) is 10.1 Å². The average molecular weight is 444 g/mol. The molecule has 0 saturated heterocycles. The van der Waals surface area contributed by atoms with Crippen molar-refractivity contribution in [2.24, 2.45) is 0 Å². The Morgan fingerprint density at radius 2 is 2.15 bits per heavy atom. The van der Waals surface area contributed by atoms with Gasteiger partial charge in [-0.2, -0.15) is 0 Å². The molecule has 27 heavy (non-hydrogen) atoms. The molecule has 4 rings (SSSR count). The zero-order valence-electron chi connectivity index (χ0n) is 19.6. The Balaban J connectivity index is 1.85. The van der Waals surface area contributed by atoms with E-state index in [9.17, 15) is 0 Å². The van der Waals surface area contributed by atoms with Crippen LogP contribution >= 0.6 is 46.1 Å². The van der Waals surface area contributed by atoms with Crippen molar-refractivity contribution in [1.82, 2.24) is 9.55 Å². The van der Waals surface area contributed by atoms with E-state index in [4.69, 9.17) is 47.8 Å². The number of imidazole rings is 1. The number of benzene rings is 2. The Morgan fingerprint density at radius 1 is 1.26 bits per heavy atom. The van der Waals surface area contributed by atoms with Gasteiger partial charge in [0.2, 0.25) is 0 Å². The lowest BCUT2D eigenvalue weighted by Crippen LogP contribution is -2.12. The summed E-state index contributed by atoms with van der Waals surface area (Å²) in [4.78, 5) is 3.54. The second-order valence-electron chi connectivity index (χ2n) is 5.50. The first-order valence-electron chi connectivity index (χ1n) is 10.7. The lowest BCUT2D eigenvalue weighted by Gasteiger charge is -2.20. The van der Waals surface area contributed by atoms with Crippen LogP contribution in [0.5, 0.6) is 0 Å². The van der Waals surface area contributed by atoms with Crippen LogP contribution in [0.3, 0.4) is 0 Å². The fourth-order valence-corrected chi connectivity index (χ4v) is 4.27. The average Bonchev–Trinajstić information content (AvgIpc) is 3.27. The molecule has 7 heteroatoms. The summed E-state index contributed by atoms with van der Waals surface area (Å²) in [7, 11) is 0. The lowest BCUT2D eigenvalue weighted by atomic mass is 10.1. The maximum absolute atomic E-state index is 9.14. The van der Waals surface area contributed by atoms with Gasteiger partial charge in [0, 0.05) is 28.0 Å². The van der Waals surface area contributed by atoms with Crippen molar-refractivity contribution in [3.8, 4) is 0 Å². The summed E-state index contributed by atoms with van der Waals surface area (Å²) in [5.41, 5.74) is 0.620. The van der Waals surface area contributed by atoms with Gasteiger partial charge in [-0.3, -0.25) is 0 Å². The van der Waals surface area contributed by atoms with Gasteiger partial charge in [0.15, 0.2) is 0 Å². The number of fused-ring (bicyclic) bond motifs is 1.